The van der Waals surface area contributed by atoms with E-state index in [0.717, 1.165) is 60.0 Å². The summed E-state index contributed by atoms with van der Waals surface area (Å²) in [5.41, 5.74) is 3.69. The monoisotopic (exact) mass is 478 g/mol. The normalized spacial score (nSPS) is 20.9. The second-order valence-corrected chi connectivity index (χ2v) is 9.23. The van der Waals surface area contributed by atoms with Crippen molar-refractivity contribution in [2.45, 2.75) is 32.6 Å². The van der Waals surface area contributed by atoms with Crippen LogP contribution in [0.3, 0.4) is 0 Å². The van der Waals surface area contributed by atoms with Gasteiger partial charge in [0.05, 0.1) is 43.6 Å². The summed E-state index contributed by atoms with van der Waals surface area (Å²) in [6, 6.07) is 10.3. The first kappa shape index (κ1) is 23.7. The Morgan fingerprint density at radius 1 is 1.00 bits per heavy atom. The Hall–Kier alpha value is -3.01. The molecular formula is C26H34N6O3. The number of nitrogens with zero attached hydrogens (tertiary/aromatic N) is 5. The van der Waals surface area contributed by atoms with Gasteiger partial charge in [0.15, 0.2) is 5.65 Å². The minimum Gasteiger partial charge on any atom is -0.496 e. The first-order chi connectivity index (χ1) is 17.1. The summed E-state index contributed by atoms with van der Waals surface area (Å²) in [6.45, 7) is 9.39. The summed E-state index contributed by atoms with van der Waals surface area (Å²) in [5.74, 6) is 2.49. The Labute approximate surface area is 206 Å². The van der Waals surface area contributed by atoms with Gasteiger partial charge >= 0.3 is 0 Å². The third-order valence-electron chi connectivity index (χ3n) is 6.48. The Balaban J connectivity index is 1.60. The molecule has 0 saturated carbocycles. The highest BCUT2D eigenvalue weighted by atomic mass is 16.5. The fraction of sp³-hybridized carbons (Fsp3) is 0.500. The van der Waals surface area contributed by atoms with Crippen LogP contribution in [0, 0.1) is 0 Å². The molecule has 2 atom stereocenters. The van der Waals surface area contributed by atoms with Gasteiger partial charge < -0.3 is 29.3 Å². The molecule has 2 fully saturated rings. The maximum atomic E-state index is 5.94. The lowest BCUT2D eigenvalue weighted by Gasteiger charge is -2.36. The van der Waals surface area contributed by atoms with Gasteiger partial charge in [-0.2, -0.15) is 9.97 Å². The molecule has 4 heterocycles. The lowest BCUT2D eigenvalue weighted by Crippen LogP contribution is -2.46. The summed E-state index contributed by atoms with van der Waals surface area (Å²) >= 11 is 0. The number of hydrogen-bond donors (Lipinski definition) is 1. The number of benzene rings is 1. The smallest absolute Gasteiger partial charge is 0.229 e. The molecule has 0 aliphatic carbocycles. The van der Waals surface area contributed by atoms with Crippen molar-refractivity contribution in [2.24, 2.45) is 0 Å². The molecule has 1 aromatic carbocycles. The summed E-state index contributed by atoms with van der Waals surface area (Å²) in [6.07, 6.45) is 0.239. The lowest BCUT2D eigenvalue weighted by atomic mass is 10.1. The largest absolute Gasteiger partial charge is 0.496 e. The third kappa shape index (κ3) is 5.03. The highest BCUT2D eigenvalue weighted by molar-refractivity contribution is 5.90. The Kier molecular flexibility index (Phi) is 6.99. The molecule has 3 aromatic rings. The van der Waals surface area contributed by atoms with Crippen molar-refractivity contribution in [3.63, 3.8) is 0 Å². The Bertz CT molecular complexity index is 1170. The number of anilines is 2. The lowest BCUT2D eigenvalue weighted by molar-refractivity contribution is -0.00570. The van der Waals surface area contributed by atoms with Gasteiger partial charge in [0, 0.05) is 43.9 Å². The first-order valence-electron chi connectivity index (χ1n) is 12.3. The van der Waals surface area contributed by atoms with Gasteiger partial charge in [-0.1, -0.05) is 0 Å². The van der Waals surface area contributed by atoms with E-state index < -0.39 is 0 Å². The topological polar surface area (TPSA) is 84.9 Å². The summed E-state index contributed by atoms with van der Waals surface area (Å²) in [5, 5.41) is 4.17. The second kappa shape index (κ2) is 10.3. The van der Waals surface area contributed by atoms with Gasteiger partial charge in [-0.25, -0.2) is 4.98 Å². The zero-order chi connectivity index (χ0) is 24.4. The van der Waals surface area contributed by atoms with E-state index in [4.69, 9.17) is 29.2 Å². The van der Waals surface area contributed by atoms with Crippen LogP contribution in [0.25, 0.3) is 22.3 Å². The molecule has 0 bridgehead atoms. The molecule has 9 nitrogen and oxygen atoms in total. The van der Waals surface area contributed by atoms with Crippen LogP contribution >= 0.6 is 0 Å². The molecule has 2 unspecified atom stereocenters. The van der Waals surface area contributed by atoms with E-state index in [1.165, 1.54) is 0 Å². The molecular weight excluding hydrogens is 444 g/mol. The highest BCUT2D eigenvalue weighted by Gasteiger charge is 2.26. The first-order valence-corrected chi connectivity index (χ1v) is 12.3. The van der Waals surface area contributed by atoms with Crippen molar-refractivity contribution >= 4 is 22.8 Å². The molecule has 2 aliphatic heterocycles. The van der Waals surface area contributed by atoms with Gasteiger partial charge in [-0.15, -0.1) is 0 Å². The van der Waals surface area contributed by atoms with E-state index in [1.807, 2.05) is 19.2 Å². The molecule has 2 aromatic heterocycles. The maximum Gasteiger partial charge on any atom is 0.229 e. The van der Waals surface area contributed by atoms with Crippen LogP contribution in [0.2, 0.25) is 0 Å². The minimum absolute atomic E-state index is 0.120. The van der Waals surface area contributed by atoms with Gasteiger partial charge in [-0.05, 0) is 51.2 Å². The van der Waals surface area contributed by atoms with Gasteiger partial charge in [-0.3, -0.25) is 0 Å². The summed E-state index contributed by atoms with van der Waals surface area (Å²) in [7, 11) is 3.63. The third-order valence-corrected chi connectivity index (χ3v) is 6.48. The average Bonchev–Trinajstić information content (AvgIpc) is 2.88. The number of aromatic nitrogens is 3. The van der Waals surface area contributed by atoms with Crippen molar-refractivity contribution in [1.29, 1.82) is 0 Å². The molecule has 186 valence electrons. The van der Waals surface area contributed by atoms with E-state index in [2.05, 4.69) is 47.2 Å². The zero-order valence-corrected chi connectivity index (χ0v) is 21.0. The fourth-order valence-electron chi connectivity index (χ4n) is 4.91. The van der Waals surface area contributed by atoms with Crippen LogP contribution in [0.5, 0.6) is 5.75 Å². The number of pyridine rings is 1. The number of hydrogen-bond acceptors (Lipinski definition) is 9. The number of nitrogens with one attached hydrogen (secondary N) is 1. The van der Waals surface area contributed by atoms with Crippen molar-refractivity contribution < 1.29 is 14.2 Å². The van der Waals surface area contributed by atoms with E-state index in [-0.39, 0.29) is 12.2 Å². The van der Waals surface area contributed by atoms with Gasteiger partial charge in [0.2, 0.25) is 5.95 Å². The molecule has 0 amide bonds. The molecule has 35 heavy (non-hydrogen) atoms. The highest BCUT2D eigenvalue weighted by Crippen LogP contribution is 2.31. The van der Waals surface area contributed by atoms with Crippen molar-refractivity contribution in [3.05, 3.63) is 35.9 Å². The zero-order valence-electron chi connectivity index (χ0n) is 21.0. The average molecular weight is 479 g/mol. The van der Waals surface area contributed by atoms with Crippen LogP contribution in [-0.2, 0) is 16.0 Å². The quantitative estimate of drug-likeness (QED) is 0.575. The van der Waals surface area contributed by atoms with E-state index in [0.29, 0.717) is 31.4 Å². The van der Waals surface area contributed by atoms with Crippen molar-refractivity contribution in [3.8, 4) is 17.0 Å². The van der Waals surface area contributed by atoms with Gasteiger partial charge in [0.25, 0.3) is 0 Å². The van der Waals surface area contributed by atoms with Crippen LogP contribution in [-0.4, -0.2) is 80.7 Å². The second-order valence-electron chi connectivity index (χ2n) is 9.23. The predicted octanol–water partition coefficient (Wildman–Crippen LogP) is 2.87. The van der Waals surface area contributed by atoms with E-state index >= 15 is 0 Å². The number of rotatable bonds is 6. The molecule has 0 spiro atoms. The standard InChI is InChI=1S/C26H34N6O3/c1-17-15-32(16-18(2)35-17)26-29-24-21(25(30-26)31-9-11-34-12-10-31)6-7-22(28-24)19-5-8-23(33-4)20(13-19)14-27-3/h5-8,13,17-18,27H,9-12,14-16H2,1-4H3. The molecule has 0 radical (unpaired) electrons. The Morgan fingerprint density at radius 3 is 2.49 bits per heavy atom. The van der Waals surface area contributed by atoms with Crippen LogP contribution < -0.4 is 19.9 Å². The van der Waals surface area contributed by atoms with E-state index in [9.17, 15) is 0 Å². The Morgan fingerprint density at radius 2 is 1.77 bits per heavy atom. The molecule has 2 saturated heterocycles. The summed E-state index contributed by atoms with van der Waals surface area (Å²) in [4.78, 5) is 19.5. The van der Waals surface area contributed by atoms with E-state index in [1.54, 1.807) is 7.11 Å². The maximum absolute atomic E-state index is 5.94. The number of methoxy groups -OCH3 is 1. The molecule has 2 aliphatic rings. The minimum atomic E-state index is 0.120. The molecule has 1 N–H and O–H groups in total. The van der Waals surface area contributed by atoms with Crippen LogP contribution in [0.4, 0.5) is 11.8 Å². The SMILES string of the molecule is CNCc1cc(-c2ccc3c(N4CCOCC4)nc(N4CC(C)OC(C)C4)nc3n2)ccc1OC. The number of ether oxygens (including phenoxy) is 3. The van der Waals surface area contributed by atoms with Crippen molar-refractivity contribution in [1.82, 2.24) is 20.3 Å². The molecule has 9 heteroatoms. The van der Waals surface area contributed by atoms with Crippen LogP contribution in [0.15, 0.2) is 30.3 Å². The van der Waals surface area contributed by atoms with Crippen molar-refractivity contribution in [2.75, 3.05) is 63.4 Å². The fourth-order valence-corrected chi connectivity index (χ4v) is 4.91. The predicted molar refractivity (Wildman–Crippen MR) is 137 cm³/mol. The number of fused-ring (bicyclic) bond motifs is 1. The molecule has 5 rings (SSSR count). The summed E-state index contributed by atoms with van der Waals surface area (Å²) < 4.78 is 17.1. The van der Waals surface area contributed by atoms with Gasteiger partial charge in [0.1, 0.15) is 11.6 Å². The van der Waals surface area contributed by atoms with Crippen LogP contribution in [0.1, 0.15) is 19.4 Å². The number of morpholine rings is 2.